The van der Waals surface area contributed by atoms with E-state index < -0.39 is 10.0 Å². The van der Waals surface area contributed by atoms with Gasteiger partial charge in [0.15, 0.2) is 0 Å². The van der Waals surface area contributed by atoms with Gasteiger partial charge in [-0.05, 0) is 49.1 Å². The van der Waals surface area contributed by atoms with Gasteiger partial charge in [0.2, 0.25) is 15.9 Å². The SMILES string of the molecule is CCC[C@H](C)NC(=O)[C@@H]1CCCN(S(=O)(=O)c2ccc3ccccc3c2)C1. The molecule has 27 heavy (non-hydrogen) atoms. The molecule has 5 nitrogen and oxygen atoms in total. The van der Waals surface area contributed by atoms with Gasteiger partial charge in [-0.2, -0.15) is 4.31 Å². The average Bonchev–Trinajstić information content (AvgIpc) is 2.67. The van der Waals surface area contributed by atoms with Crippen LogP contribution in [0.1, 0.15) is 39.5 Å². The molecule has 1 aliphatic heterocycles. The van der Waals surface area contributed by atoms with Crippen molar-refractivity contribution in [2.75, 3.05) is 13.1 Å². The Hall–Kier alpha value is -1.92. The molecule has 3 rings (SSSR count). The number of hydrogen-bond acceptors (Lipinski definition) is 3. The highest BCUT2D eigenvalue weighted by Crippen LogP contribution is 2.26. The lowest BCUT2D eigenvalue weighted by Crippen LogP contribution is -2.47. The Morgan fingerprint density at radius 2 is 1.96 bits per heavy atom. The van der Waals surface area contributed by atoms with E-state index in [2.05, 4.69) is 12.2 Å². The molecule has 1 aliphatic rings. The van der Waals surface area contributed by atoms with Crippen LogP contribution in [0.25, 0.3) is 10.8 Å². The Morgan fingerprint density at radius 1 is 1.22 bits per heavy atom. The number of fused-ring (bicyclic) bond motifs is 1. The molecule has 1 N–H and O–H groups in total. The molecule has 0 bridgehead atoms. The van der Waals surface area contributed by atoms with E-state index in [0.29, 0.717) is 17.9 Å². The Labute approximate surface area is 161 Å². The molecule has 0 saturated carbocycles. The number of benzene rings is 2. The number of sulfonamides is 1. The van der Waals surface area contributed by atoms with Crippen LogP contribution in [0, 0.1) is 5.92 Å². The van der Waals surface area contributed by atoms with Crippen LogP contribution >= 0.6 is 0 Å². The van der Waals surface area contributed by atoms with E-state index >= 15 is 0 Å². The van der Waals surface area contributed by atoms with Crippen molar-refractivity contribution in [1.29, 1.82) is 0 Å². The van der Waals surface area contributed by atoms with Gasteiger partial charge in [-0.3, -0.25) is 4.79 Å². The molecule has 6 heteroatoms. The van der Waals surface area contributed by atoms with Gasteiger partial charge in [0.25, 0.3) is 0 Å². The fourth-order valence-electron chi connectivity index (χ4n) is 3.72. The summed E-state index contributed by atoms with van der Waals surface area (Å²) in [5.74, 6) is -0.317. The molecular formula is C21H28N2O3S. The van der Waals surface area contributed by atoms with Crippen LogP contribution in [0.4, 0.5) is 0 Å². The summed E-state index contributed by atoms with van der Waals surface area (Å²) in [6, 6.07) is 13.0. The Balaban J connectivity index is 1.76. The normalized spacial score (nSPS) is 19.7. The summed E-state index contributed by atoms with van der Waals surface area (Å²) in [7, 11) is -3.61. The third-order valence-corrected chi connectivity index (χ3v) is 7.09. The summed E-state index contributed by atoms with van der Waals surface area (Å²) in [6.07, 6.45) is 3.37. The molecule has 2 atom stereocenters. The smallest absolute Gasteiger partial charge is 0.243 e. The monoisotopic (exact) mass is 388 g/mol. The van der Waals surface area contributed by atoms with Gasteiger partial charge in [0.05, 0.1) is 10.8 Å². The van der Waals surface area contributed by atoms with Crippen molar-refractivity contribution in [3.05, 3.63) is 42.5 Å². The molecule has 0 unspecified atom stereocenters. The second-order valence-corrected chi connectivity index (χ2v) is 9.35. The Bertz CT molecular complexity index is 911. The third kappa shape index (κ3) is 4.50. The highest BCUT2D eigenvalue weighted by molar-refractivity contribution is 7.89. The highest BCUT2D eigenvalue weighted by atomic mass is 32.2. The number of nitrogens with zero attached hydrogens (tertiary/aromatic N) is 1. The lowest BCUT2D eigenvalue weighted by atomic mass is 9.98. The Morgan fingerprint density at radius 3 is 2.70 bits per heavy atom. The molecule has 146 valence electrons. The number of carbonyl (C=O) groups excluding carboxylic acids is 1. The maximum absolute atomic E-state index is 13.1. The van der Waals surface area contributed by atoms with E-state index in [4.69, 9.17) is 0 Å². The van der Waals surface area contributed by atoms with Crippen LogP contribution in [-0.4, -0.2) is 37.8 Å². The van der Waals surface area contributed by atoms with Gasteiger partial charge in [0.1, 0.15) is 0 Å². The lowest BCUT2D eigenvalue weighted by Gasteiger charge is -2.32. The molecule has 1 amide bonds. The quantitative estimate of drug-likeness (QED) is 0.823. The largest absolute Gasteiger partial charge is 0.353 e. The van der Waals surface area contributed by atoms with Crippen molar-refractivity contribution in [1.82, 2.24) is 9.62 Å². The Kier molecular flexibility index (Phi) is 6.17. The molecule has 0 aliphatic carbocycles. The molecule has 2 aromatic rings. The minimum Gasteiger partial charge on any atom is -0.353 e. The number of rotatable bonds is 6. The first-order valence-electron chi connectivity index (χ1n) is 9.71. The molecule has 1 fully saturated rings. The third-order valence-electron chi connectivity index (χ3n) is 5.22. The van der Waals surface area contributed by atoms with E-state index in [1.54, 1.807) is 12.1 Å². The van der Waals surface area contributed by atoms with Gasteiger partial charge in [-0.15, -0.1) is 0 Å². The highest BCUT2D eigenvalue weighted by Gasteiger charge is 2.33. The number of amides is 1. The van der Waals surface area contributed by atoms with Crippen molar-refractivity contribution >= 4 is 26.7 Å². The topological polar surface area (TPSA) is 66.5 Å². The van der Waals surface area contributed by atoms with Crippen molar-refractivity contribution in [3.63, 3.8) is 0 Å². The van der Waals surface area contributed by atoms with Crippen molar-refractivity contribution in [3.8, 4) is 0 Å². The van der Waals surface area contributed by atoms with E-state index in [1.165, 1.54) is 4.31 Å². The fourth-order valence-corrected chi connectivity index (χ4v) is 5.28. The number of nitrogens with one attached hydrogen (secondary N) is 1. The maximum Gasteiger partial charge on any atom is 0.243 e. The van der Waals surface area contributed by atoms with Crippen molar-refractivity contribution < 1.29 is 13.2 Å². The minimum atomic E-state index is -3.61. The van der Waals surface area contributed by atoms with Crippen LogP contribution in [0.2, 0.25) is 0 Å². The van der Waals surface area contributed by atoms with E-state index in [-0.39, 0.29) is 24.4 Å². The summed E-state index contributed by atoms with van der Waals surface area (Å²) in [4.78, 5) is 12.8. The number of piperidine rings is 1. The molecule has 0 radical (unpaired) electrons. The van der Waals surface area contributed by atoms with Gasteiger partial charge >= 0.3 is 0 Å². The predicted octanol–water partition coefficient (Wildman–Crippen LogP) is 3.55. The fraction of sp³-hybridized carbons (Fsp3) is 0.476. The van der Waals surface area contributed by atoms with Crippen molar-refractivity contribution in [2.45, 2.75) is 50.5 Å². The summed E-state index contributed by atoms with van der Waals surface area (Å²) < 4.78 is 27.7. The second-order valence-electron chi connectivity index (χ2n) is 7.41. The molecule has 0 aromatic heterocycles. The number of hydrogen-bond donors (Lipinski definition) is 1. The first kappa shape index (κ1) is 19.8. The maximum atomic E-state index is 13.1. The van der Waals surface area contributed by atoms with Crippen LogP contribution in [0.5, 0.6) is 0 Å². The van der Waals surface area contributed by atoms with Gasteiger partial charge in [0, 0.05) is 19.1 Å². The first-order chi connectivity index (χ1) is 12.9. The van der Waals surface area contributed by atoms with Crippen LogP contribution in [0.15, 0.2) is 47.4 Å². The zero-order valence-corrected chi connectivity index (χ0v) is 16.8. The average molecular weight is 389 g/mol. The second kappa shape index (κ2) is 8.40. The van der Waals surface area contributed by atoms with E-state index in [9.17, 15) is 13.2 Å². The lowest BCUT2D eigenvalue weighted by molar-refractivity contribution is -0.126. The molecular weight excluding hydrogens is 360 g/mol. The summed E-state index contributed by atoms with van der Waals surface area (Å²) in [6.45, 7) is 4.79. The van der Waals surface area contributed by atoms with Gasteiger partial charge in [-0.25, -0.2) is 8.42 Å². The van der Waals surface area contributed by atoms with E-state index in [0.717, 1.165) is 30.0 Å². The zero-order chi connectivity index (χ0) is 19.4. The predicted molar refractivity (Wildman–Crippen MR) is 108 cm³/mol. The first-order valence-corrected chi connectivity index (χ1v) is 11.1. The van der Waals surface area contributed by atoms with E-state index in [1.807, 2.05) is 37.3 Å². The van der Waals surface area contributed by atoms with Crippen molar-refractivity contribution in [2.24, 2.45) is 5.92 Å². The molecule has 1 heterocycles. The van der Waals surface area contributed by atoms with Crippen LogP contribution in [0.3, 0.4) is 0 Å². The summed E-state index contributed by atoms with van der Waals surface area (Å²) >= 11 is 0. The molecule has 1 saturated heterocycles. The summed E-state index contributed by atoms with van der Waals surface area (Å²) in [5.41, 5.74) is 0. The van der Waals surface area contributed by atoms with Gasteiger partial charge < -0.3 is 5.32 Å². The zero-order valence-electron chi connectivity index (χ0n) is 16.0. The molecule has 2 aromatic carbocycles. The van der Waals surface area contributed by atoms with Crippen LogP contribution < -0.4 is 5.32 Å². The van der Waals surface area contributed by atoms with Gasteiger partial charge in [-0.1, -0.05) is 43.7 Å². The van der Waals surface area contributed by atoms with Crippen LogP contribution in [-0.2, 0) is 14.8 Å². The number of carbonyl (C=O) groups is 1. The summed E-state index contributed by atoms with van der Waals surface area (Å²) in [5, 5.41) is 4.94. The molecule has 0 spiro atoms. The standard InChI is InChI=1S/C21H28N2O3S/c1-3-7-16(2)22-21(24)19-10-6-13-23(15-19)27(25,26)20-12-11-17-8-4-5-9-18(17)14-20/h4-5,8-9,11-12,14,16,19H,3,6-7,10,13,15H2,1-2H3,(H,22,24)/t16-,19+/m0/s1. The minimum absolute atomic E-state index is 0.0330.